The summed E-state index contributed by atoms with van der Waals surface area (Å²) in [7, 11) is -4.42. The summed E-state index contributed by atoms with van der Waals surface area (Å²) in [4.78, 5) is 29.4. The zero-order chi connectivity index (χ0) is 34.0. The maximum absolute atomic E-state index is 14.2. The Morgan fingerprint density at radius 1 is 1.11 bits per heavy atom. The minimum Gasteiger partial charge on any atom is -0.464 e. The predicted molar refractivity (Wildman–Crippen MR) is 161 cm³/mol. The molecule has 250 valence electrons. The summed E-state index contributed by atoms with van der Waals surface area (Å²) in [5.41, 5.74) is 3.64. The van der Waals surface area contributed by atoms with Gasteiger partial charge in [0, 0.05) is 0 Å². The van der Waals surface area contributed by atoms with Gasteiger partial charge >= 0.3 is 19.6 Å². The van der Waals surface area contributed by atoms with E-state index in [-0.39, 0.29) is 35.6 Å². The molecule has 1 fully saturated rings. The highest BCUT2D eigenvalue weighted by molar-refractivity contribution is 7.54. The van der Waals surface area contributed by atoms with Gasteiger partial charge in [0.1, 0.15) is 54.9 Å². The highest BCUT2D eigenvalue weighted by Gasteiger charge is 2.57. The number of hydrogen-bond acceptors (Lipinski definition) is 13. The molecule has 3 rings (SSSR count). The highest BCUT2D eigenvalue weighted by Crippen LogP contribution is 2.45. The second-order valence-corrected chi connectivity index (χ2v) is 15.4. The van der Waals surface area contributed by atoms with Crippen molar-refractivity contribution in [3.8, 4) is 6.07 Å². The van der Waals surface area contributed by atoms with Crippen LogP contribution in [0.2, 0.25) is 0 Å². The highest BCUT2D eigenvalue weighted by atomic mass is 31.2. The number of aliphatic hydroxyl groups excluding tert-OH is 2. The van der Waals surface area contributed by atoms with Crippen molar-refractivity contribution in [2.75, 3.05) is 25.6 Å². The molecule has 17 heteroatoms. The van der Waals surface area contributed by atoms with E-state index < -0.39 is 62.2 Å². The Balaban J connectivity index is 1.85. The fourth-order valence-corrected chi connectivity index (χ4v) is 6.04. The second-order valence-electron chi connectivity index (χ2n) is 13.5. The van der Waals surface area contributed by atoms with Crippen molar-refractivity contribution in [2.45, 2.75) is 91.4 Å². The zero-order valence-electron chi connectivity index (χ0n) is 26.8. The summed E-state index contributed by atoms with van der Waals surface area (Å²) in [5.74, 6) is -1.34. The fourth-order valence-electron chi connectivity index (χ4n) is 4.21. The van der Waals surface area contributed by atoms with E-state index in [9.17, 15) is 29.6 Å². The Morgan fingerprint density at radius 3 is 2.13 bits per heavy atom. The first-order valence-electron chi connectivity index (χ1n) is 14.4. The van der Waals surface area contributed by atoms with E-state index in [0.717, 1.165) is 0 Å². The number of nitrogens with zero attached hydrogens (tertiary/aromatic N) is 4. The number of hydrogen-bond donors (Lipinski definition) is 5. The number of nitriles is 1. The van der Waals surface area contributed by atoms with E-state index in [4.69, 9.17) is 24.5 Å². The average molecular weight is 654 g/mol. The van der Waals surface area contributed by atoms with E-state index >= 15 is 0 Å². The van der Waals surface area contributed by atoms with Crippen molar-refractivity contribution in [3.05, 3.63) is 24.2 Å². The largest absolute Gasteiger partial charge is 0.464 e. The van der Waals surface area contributed by atoms with Crippen LogP contribution in [0.15, 0.2) is 18.5 Å². The third-order valence-electron chi connectivity index (χ3n) is 6.63. The standard InChI is InChI=1S/C28H44N7O9P/c1-16(24(38)41-12-26(3,4)5)33-45(40,34-17(2)25(39)42-13-27(6,7)8)43-14-28(11-29)22(37)20(36)21(44-28)18-9-10-19-23(30)31-15-32-35(18)19/h9-10,15-17,20-22,36-37H,12-14H2,1-8H3,(H2,30,31,32)(H2,33,34,40)/t16-,17-,20-,21-,22-,28+/m0/s1. The lowest BCUT2D eigenvalue weighted by Crippen LogP contribution is -2.48. The number of nitrogens with one attached hydrogen (secondary N) is 2. The molecule has 0 aliphatic carbocycles. The number of nitrogens with two attached hydrogens (primary N) is 1. The quantitative estimate of drug-likeness (QED) is 0.162. The van der Waals surface area contributed by atoms with Gasteiger partial charge in [-0.15, -0.1) is 0 Å². The molecule has 2 aromatic heterocycles. The molecule has 16 nitrogen and oxygen atoms in total. The minimum absolute atomic E-state index is 0.0772. The van der Waals surface area contributed by atoms with Crippen LogP contribution in [0.3, 0.4) is 0 Å². The number of rotatable bonds is 12. The third kappa shape index (κ3) is 8.98. The van der Waals surface area contributed by atoms with Gasteiger partial charge in [0.05, 0.1) is 18.9 Å². The smallest absolute Gasteiger partial charge is 0.342 e. The molecule has 3 heterocycles. The van der Waals surface area contributed by atoms with Crippen LogP contribution in [0.1, 0.15) is 67.2 Å². The van der Waals surface area contributed by atoms with Gasteiger partial charge in [-0.25, -0.2) is 19.7 Å². The second kappa shape index (κ2) is 13.7. The Hall–Kier alpha value is -3.16. The van der Waals surface area contributed by atoms with Gasteiger partial charge in [0.25, 0.3) is 0 Å². The molecule has 1 aliphatic heterocycles. The van der Waals surface area contributed by atoms with Crippen LogP contribution < -0.4 is 15.9 Å². The van der Waals surface area contributed by atoms with Crippen LogP contribution in [0, 0.1) is 22.2 Å². The van der Waals surface area contributed by atoms with Crippen LogP contribution >= 0.6 is 7.67 Å². The number of esters is 2. The lowest BCUT2D eigenvalue weighted by atomic mass is 9.96. The molecule has 0 unspecified atom stereocenters. The van der Waals surface area contributed by atoms with Gasteiger partial charge in [-0.05, 0) is 36.8 Å². The Bertz CT molecular complexity index is 1420. The molecule has 45 heavy (non-hydrogen) atoms. The van der Waals surface area contributed by atoms with Crippen LogP contribution in [-0.2, 0) is 32.9 Å². The van der Waals surface area contributed by atoms with Crippen molar-refractivity contribution in [2.24, 2.45) is 10.8 Å². The average Bonchev–Trinajstić information content (AvgIpc) is 3.48. The molecule has 0 aromatic carbocycles. The molecule has 0 amide bonds. The molecule has 6 atom stereocenters. The zero-order valence-corrected chi connectivity index (χ0v) is 27.7. The lowest BCUT2D eigenvalue weighted by molar-refractivity contribution is -0.148. The topological polar surface area (TPSA) is 233 Å². The summed E-state index contributed by atoms with van der Waals surface area (Å²) in [6.45, 7) is 13.3. The van der Waals surface area contributed by atoms with Gasteiger partial charge in [0.2, 0.25) is 5.60 Å². The monoisotopic (exact) mass is 653 g/mol. The normalized spacial score (nSPS) is 23.8. The van der Waals surface area contributed by atoms with Gasteiger partial charge < -0.3 is 34.7 Å². The van der Waals surface area contributed by atoms with Gasteiger partial charge in [0.15, 0.2) is 5.82 Å². The first-order valence-corrected chi connectivity index (χ1v) is 16.0. The number of carbonyl (C=O) groups excluding carboxylic acids is 2. The number of carbonyl (C=O) groups is 2. The number of fused-ring (bicyclic) bond motifs is 1. The first kappa shape index (κ1) is 36.3. The Kier molecular flexibility index (Phi) is 11.0. The molecular formula is C28H44N7O9P. The van der Waals surface area contributed by atoms with Gasteiger partial charge in [-0.2, -0.15) is 10.4 Å². The number of aromatic nitrogens is 3. The summed E-state index contributed by atoms with van der Waals surface area (Å²) >= 11 is 0. The van der Waals surface area contributed by atoms with Crippen molar-refractivity contribution in [3.63, 3.8) is 0 Å². The van der Waals surface area contributed by atoms with Gasteiger partial charge in [-0.1, -0.05) is 41.5 Å². The molecular weight excluding hydrogens is 609 g/mol. The fraction of sp³-hybridized carbons (Fsp3) is 0.679. The minimum atomic E-state index is -4.42. The Morgan fingerprint density at radius 2 is 1.64 bits per heavy atom. The molecule has 0 bridgehead atoms. The summed E-state index contributed by atoms with van der Waals surface area (Å²) in [6, 6.07) is 2.54. The van der Waals surface area contributed by atoms with E-state index in [2.05, 4.69) is 20.3 Å². The van der Waals surface area contributed by atoms with E-state index in [1.807, 2.05) is 47.6 Å². The lowest BCUT2D eigenvalue weighted by Gasteiger charge is -2.30. The van der Waals surface area contributed by atoms with Crippen LogP contribution in [-0.4, -0.2) is 86.5 Å². The summed E-state index contributed by atoms with van der Waals surface area (Å²) in [6.07, 6.45) is -3.56. The maximum atomic E-state index is 14.2. The van der Waals surface area contributed by atoms with Gasteiger partial charge in [-0.3, -0.25) is 14.2 Å². The van der Waals surface area contributed by atoms with E-state index in [1.54, 1.807) is 12.1 Å². The molecule has 0 radical (unpaired) electrons. The van der Waals surface area contributed by atoms with Crippen molar-refractivity contribution in [1.29, 1.82) is 5.26 Å². The molecule has 0 saturated carbocycles. The molecule has 2 aromatic rings. The van der Waals surface area contributed by atoms with E-state index in [0.29, 0.717) is 5.52 Å². The summed E-state index contributed by atoms with van der Waals surface area (Å²) in [5, 5.41) is 41.3. The molecule has 6 N–H and O–H groups in total. The predicted octanol–water partition coefficient (Wildman–Crippen LogP) is 1.63. The molecule has 1 aliphatic rings. The van der Waals surface area contributed by atoms with Crippen molar-refractivity contribution >= 4 is 30.9 Å². The number of ether oxygens (including phenoxy) is 3. The van der Waals surface area contributed by atoms with Crippen LogP contribution in [0.5, 0.6) is 0 Å². The number of aliphatic hydroxyl groups is 2. The van der Waals surface area contributed by atoms with Crippen molar-refractivity contribution < 1.29 is 43.1 Å². The Labute approximate surface area is 262 Å². The third-order valence-corrected chi connectivity index (χ3v) is 8.58. The SMILES string of the molecule is C[C@H](NP(=O)(N[C@@H](C)C(=O)OCC(C)(C)C)OC[C@@]1(C#N)O[C@@H](c2ccc3c(N)ncnn23)[C@H](O)[C@@H]1O)C(=O)OCC(C)(C)C. The first-order chi connectivity index (χ1) is 20.7. The summed E-state index contributed by atoms with van der Waals surface area (Å²) < 4.78 is 37.7. The maximum Gasteiger partial charge on any atom is 0.342 e. The molecule has 1 saturated heterocycles. The number of nitrogen functional groups attached to an aromatic ring is 1. The van der Waals surface area contributed by atoms with E-state index in [1.165, 1.54) is 24.7 Å². The van der Waals surface area contributed by atoms with Crippen LogP contribution in [0.25, 0.3) is 5.52 Å². The number of anilines is 1. The van der Waals surface area contributed by atoms with Crippen molar-refractivity contribution in [1.82, 2.24) is 24.8 Å². The van der Waals surface area contributed by atoms with Crippen LogP contribution in [0.4, 0.5) is 5.82 Å². The molecule has 0 spiro atoms.